The summed E-state index contributed by atoms with van der Waals surface area (Å²) in [6.07, 6.45) is 0. The summed E-state index contributed by atoms with van der Waals surface area (Å²) in [4.78, 5) is 18.1. The van der Waals surface area contributed by atoms with Gasteiger partial charge in [-0.05, 0) is 49.6 Å². The van der Waals surface area contributed by atoms with Crippen molar-refractivity contribution in [3.63, 3.8) is 0 Å². The monoisotopic (exact) mass is 335 g/mol. The molecule has 1 N–H and O–H groups in total. The molecule has 124 valence electrons. The zero-order valence-corrected chi connectivity index (χ0v) is 14.3. The Kier molecular flexibility index (Phi) is 6.06. The molecule has 6 nitrogen and oxygen atoms in total. The molecule has 0 bridgehead atoms. The van der Waals surface area contributed by atoms with Crippen molar-refractivity contribution in [3.05, 3.63) is 40.7 Å². The summed E-state index contributed by atoms with van der Waals surface area (Å²) in [7, 11) is 0. The second-order valence-corrected chi connectivity index (χ2v) is 5.82. The molecule has 0 aliphatic heterocycles. The summed E-state index contributed by atoms with van der Waals surface area (Å²) < 4.78 is 9.17. The highest BCUT2D eigenvalue weighted by Crippen LogP contribution is 2.24. The third-order valence-corrected chi connectivity index (χ3v) is 4.30. The highest BCUT2D eigenvalue weighted by atomic mass is 32.1. The third-order valence-electron chi connectivity index (χ3n) is 3.57. The van der Waals surface area contributed by atoms with Crippen LogP contribution in [0.4, 0.5) is 0 Å². The molecule has 0 radical (unpaired) electrons. The number of aromatic hydroxyl groups is 1. The highest BCUT2D eigenvalue weighted by Gasteiger charge is 2.19. The van der Waals surface area contributed by atoms with Crippen molar-refractivity contribution in [3.8, 4) is 5.75 Å². The number of nitrogens with zero attached hydrogens (tertiary/aromatic N) is 3. The predicted molar refractivity (Wildman–Crippen MR) is 88.5 cm³/mol. The molecule has 0 aliphatic carbocycles. The molecule has 0 saturated heterocycles. The van der Waals surface area contributed by atoms with Crippen LogP contribution in [0.3, 0.4) is 0 Å². The summed E-state index contributed by atoms with van der Waals surface area (Å²) in [5, 5.41) is 9.91. The van der Waals surface area contributed by atoms with Gasteiger partial charge in [0.05, 0.1) is 13.2 Å². The molecular weight excluding hydrogens is 314 g/mol. The fourth-order valence-electron chi connectivity index (χ4n) is 2.29. The molecule has 1 atom stereocenters. The normalized spacial score (nSPS) is 12.3. The number of ether oxygens (including phenoxy) is 1. The number of hydrogen-bond donors (Lipinski definition) is 1. The molecule has 1 heterocycles. The fraction of sp³-hybridized carbons (Fsp3) is 0.438. The van der Waals surface area contributed by atoms with Gasteiger partial charge in [-0.3, -0.25) is 4.90 Å². The molecule has 0 saturated carbocycles. The molecule has 1 aromatic heterocycles. The van der Waals surface area contributed by atoms with Crippen LogP contribution >= 0.6 is 11.5 Å². The van der Waals surface area contributed by atoms with Gasteiger partial charge in [-0.2, -0.15) is 4.37 Å². The minimum atomic E-state index is -0.430. The first kappa shape index (κ1) is 17.4. The lowest BCUT2D eigenvalue weighted by atomic mass is 10.1. The first-order chi connectivity index (χ1) is 11.0. The Labute approximate surface area is 139 Å². The van der Waals surface area contributed by atoms with Crippen LogP contribution in [0.2, 0.25) is 0 Å². The molecule has 0 aliphatic rings. The summed E-state index contributed by atoms with van der Waals surface area (Å²) in [5.74, 6) is 0.425. The van der Waals surface area contributed by atoms with Crippen molar-refractivity contribution in [1.29, 1.82) is 0 Å². The maximum Gasteiger partial charge on any atom is 0.369 e. The van der Waals surface area contributed by atoms with E-state index in [2.05, 4.69) is 28.1 Å². The van der Waals surface area contributed by atoms with E-state index in [0.29, 0.717) is 19.0 Å². The zero-order chi connectivity index (χ0) is 16.8. The largest absolute Gasteiger partial charge is 0.508 e. The first-order valence-corrected chi connectivity index (χ1v) is 8.35. The van der Waals surface area contributed by atoms with Crippen LogP contribution in [-0.2, 0) is 11.3 Å². The molecule has 1 aromatic carbocycles. The Bertz CT molecular complexity index is 660. The molecule has 2 rings (SSSR count). The third kappa shape index (κ3) is 4.49. The number of hydrogen-bond acceptors (Lipinski definition) is 7. The maximum absolute atomic E-state index is 11.7. The van der Waals surface area contributed by atoms with Gasteiger partial charge in [0.15, 0.2) is 5.82 Å². The molecule has 1 unspecified atom stereocenters. The van der Waals surface area contributed by atoms with E-state index >= 15 is 0 Å². The van der Waals surface area contributed by atoms with Crippen LogP contribution in [-0.4, -0.2) is 38.5 Å². The molecule has 0 spiro atoms. The van der Waals surface area contributed by atoms with Gasteiger partial charge in [0.1, 0.15) is 5.75 Å². The van der Waals surface area contributed by atoms with Crippen molar-refractivity contribution in [2.45, 2.75) is 33.4 Å². The topological polar surface area (TPSA) is 75.5 Å². The second kappa shape index (κ2) is 8.03. The Morgan fingerprint density at radius 1 is 1.43 bits per heavy atom. The van der Waals surface area contributed by atoms with Crippen molar-refractivity contribution in [2.24, 2.45) is 0 Å². The molecule has 2 aromatic rings. The predicted octanol–water partition coefficient (Wildman–Crippen LogP) is 3.00. The van der Waals surface area contributed by atoms with Gasteiger partial charge in [-0.1, -0.05) is 19.1 Å². The Morgan fingerprint density at radius 3 is 2.87 bits per heavy atom. The van der Waals surface area contributed by atoms with Crippen LogP contribution in [0, 0.1) is 0 Å². The molecular formula is C16H21N3O3S. The number of rotatable bonds is 7. The lowest BCUT2D eigenvalue weighted by Gasteiger charge is -2.27. The van der Waals surface area contributed by atoms with Crippen LogP contribution in [0.5, 0.6) is 5.75 Å². The van der Waals surface area contributed by atoms with Crippen LogP contribution < -0.4 is 0 Å². The van der Waals surface area contributed by atoms with Crippen molar-refractivity contribution < 1.29 is 14.6 Å². The van der Waals surface area contributed by atoms with Crippen molar-refractivity contribution in [2.75, 3.05) is 13.2 Å². The molecule has 7 heteroatoms. The van der Waals surface area contributed by atoms with Crippen LogP contribution in [0.25, 0.3) is 0 Å². The summed E-state index contributed by atoms with van der Waals surface area (Å²) in [6, 6.07) is 7.31. The van der Waals surface area contributed by atoms with Crippen LogP contribution in [0.15, 0.2) is 24.3 Å². The van der Waals surface area contributed by atoms with E-state index < -0.39 is 5.97 Å². The summed E-state index contributed by atoms with van der Waals surface area (Å²) in [5.41, 5.74) is 1.02. The standard InChI is InChI=1S/C16H21N3O3S/c1-4-19(11(3)12-7-6-8-13(20)9-12)10-14-17-15(23-18-14)16(21)22-5-2/h6-9,11,20H,4-5,10H2,1-3H3. The van der Waals surface area contributed by atoms with E-state index in [4.69, 9.17) is 4.74 Å². The lowest BCUT2D eigenvalue weighted by Crippen LogP contribution is -2.27. The van der Waals surface area contributed by atoms with Gasteiger partial charge in [0.25, 0.3) is 0 Å². The molecule has 23 heavy (non-hydrogen) atoms. The SMILES string of the molecule is CCOC(=O)c1nc(CN(CC)C(C)c2cccc(O)c2)ns1. The Morgan fingerprint density at radius 2 is 2.22 bits per heavy atom. The highest BCUT2D eigenvalue weighted by molar-refractivity contribution is 7.07. The van der Waals surface area contributed by atoms with E-state index in [1.807, 2.05) is 12.1 Å². The number of phenolic OH excluding ortho intramolecular Hbond substituents is 1. The number of phenols is 1. The minimum absolute atomic E-state index is 0.0987. The maximum atomic E-state index is 11.7. The fourth-order valence-corrected chi connectivity index (χ4v) is 2.86. The first-order valence-electron chi connectivity index (χ1n) is 7.57. The quantitative estimate of drug-likeness (QED) is 0.784. The van der Waals surface area contributed by atoms with Gasteiger partial charge in [-0.15, -0.1) is 0 Å². The number of esters is 1. The molecule has 0 fully saturated rings. The van der Waals surface area contributed by atoms with Crippen molar-refractivity contribution in [1.82, 2.24) is 14.3 Å². The number of benzene rings is 1. The smallest absolute Gasteiger partial charge is 0.369 e. The van der Waals surface area contributed by atoms with E-state index in [0.717, 1.165) is 23.6 Å². The number of carbonyl (C=O) groups is 1. The molecule has 0 amide bonds. The van der Waals surface area contributed by atoms with Crippen LogP contribution in [0.1, 0.15) is 48.0 Å². The van der Waals surface area contributed by atoms with Gasteiger partial charge in [0, 0.05) is 6.04 Å². The average molecular weight is 335 g/mol. The van der Waals surface area contributed by atoms with Gasteiger partial charge in [0.2, 0.25) is 5.01 Å². The van der Waals surface area contributed by atoms with E-state index in [9.17, 15) is 9.90 Å². The van der Waals surface area contributed by atoms with Gasteiger partial charge >= 0.3 is 5.97 Å². The van der Waals surface area contributed by atoms with Gasteiger partial charge in [-0.25, -0.2) is 9.78 Å². The summed E-state index contributed by atoms with van der Waals surface area (Å²) in [6.45, 7) is 7.53. The number of carbonyl (C=O) groups excluding carboxylic acids is 1. The van der Waals surface area contributed by atoms with E-state index in [-0.39, 0.29) is 16.8 Å². The number of aromatic nitrogens is 2. The van der Waals surface area contributed by atoms with E-state index in [1.165, 1.54) is 0 Å². The zero-order valence-electron chi connectivity index (χ0n) is 13.5. The minimum Gasteiger partial charge on any atom is -0.508 e. The average Bonchev–Trinajstić information content (AvgIpc) is 3.01. The Hall–Kier alpha value is -1.99. The Balaban J connectivity index is 2.08. The van der Waals surface area contributed by atoms with Crippen molar-refractivity contribution >= 4 is 17.5 Å². The second-order valence-electron chi connectivity index (χ2n) is 5.07. The lowest BCUT2D eigenvalue weighted by molar-refractivity contribution is 0.0525. The van der Waals surface area contributed by atoms with E-state index in [1.54, 1.807) is 19.1 Å². The summed E-state index contributed by atoms with van der Waals surface area (Å²) >= 11 is 1.06. The van der Waals surface area contributed by atoms with Gasteiger partial charge < -0.3 is 9.84 Å².